The molecule has 0 saturated carbocycles. The summed E-state index contributed by atoms with van der Waals surface area (Å²) in [5, 5.41) is 11.8. The van der Waals surface area contributed by atoms with Crippen LogP contribution in [0.2, 0.25) is 5.15 Å². The lowest BCUT2D eigenvalue weighted by molar-refractivity contribution is -0.118. The Morgan fingerprint density at radius 1 is 1.62 bits per heavy atom. The first-order valence-corrected chi connectivity index (χ1v) is 5.06. The lowest BCUT2D eigenvalue weighted by atomic mass is 10.3. The van der Waals surface area contributed by atoms with Crippen molar-refractivity contribution >= 4 is 17.5 Å². The summed E-state index contributed by atoms with van der Waals surface area (Å²) in [6.45, 7) is 1.96. The summed E-state index contributed by atoms with van der Waals surface area (Å²) in [6, 6.07) is 3.01. The van der Waals surface area contributed by atoms with Gasteiger partial charge in [0.2, 0.25) is 5.91 Å². The Bertz CT molecular complexity index is 449. The lowest BCUT2D eigenvalue weighted by Crippen LogP contribution is -2.20. The van der Waals surface area contributed by atoms with E-state index in [2.05, 4.69) is 22.1 Å². The molecule has 0 unspecified atom stereocenters. The van der Waals surface area contributed by atoms with Crippen molar-refractivity contribution in [1.82, 2.24) is 10.3 Å². The smallest absolute Gasteiger partial charge is 0.216 e. The zero-order valence-electron chi connectivity index (χ0n) is 8.75. The summed E-state index contributed by atoms with van der Waals surface area (Å²) >= 11 is 5.61. The van der Waals surface area contributed by atoms with Crippen LogP contribution in [0.3, 0.4) is 0 Å². The van der Waals surface area contributed by atoms with E-state index in [1.54, 1.807) is 6.07 Å². The molecule has 0 aliphatic heterocycles. The van der Waals surface area contributed by atoms with Gasteiger partial charge in [0.15, 0.2) is 10.9 Å². The van der Waals surface area contributed by atoms with Crippen LogP contribution in [0.1, 0.15) is 19.0 Å². The zero-order valence-corrected chi connectivity index (χ0v) is 9.51. The molecular weight excluding hydrogens is 228 g/mol. The Labute approximate surface area is 98.6 Å². The maximum atomic E-state index is 10.5. The van der Waals surface area contributed by atoms with E-state index < -0.39 is 0 Å². The maximum absolute atomic E-state index is 10.5. The highest BCUT2D eigenvalue weighted by Crippen LogP contribution is 2.19. The molecule has 1 amide bonds. The Morgan fingerprint density at radius 3 is 3.00 bits per heavy atom. The van der Waals surface area contributed by atoms with E-state index in [0.29, 0.717) is 18.7 Å². The molecule has 0 aliphatic carbocycles. The van der Waals surface area contributed by atoms with Gasteiger partial charge in [-0.2, -0.15) is 0 Å². The number of hydrogen-bond donors (Lipinski definition) is 2. The van der Waals surface area contributed by atoms with E-state index in [1.165, 1.54) is 13.0 Å². The van der Waals surface area contributed by atoms with Gasteiger partial charge in [0.05, 0.1) is 0 Å². The van der Waals surface area contributed by atoms with Crippen LogP contribution >= 0.6 is 11.6 Å². The van der Waals surface area contributed by atoms with Crippen LogP contribution in [0.15, 0.2) is 12.1 Å². The molecule has 16 heavy (non-hydrogen) atoms. The van der Waals surface area contributed by atoms with Crippen molar-refractivity contribution in [3.8, 4) is 17.6 Å². The topological polar surface area (TPSA) is 62.2 Å². The second-order valence-corrected chi connectivity index (χ2v) is 3.40. The van der Waals surface area contributed by atoms with Gasteiger partial charge in [-0.15, -0.1) is 0 Å². The number of amides is 1. The third-order valence-corrected chi connectivity index (χ3v) is 1.95. The molecule has 1 heterocycles. The Hall–Kier alpha value is -1.73. The third-order valence-electron chi connectivity index (χ3n) is 1.67. The van der Waals surface area contributed by atoms with E-state index >= 15 is 0 Å². The molecule has 0 bridgehead atoms. The van der Waals surface area contributed by atoms with Crippen molar-refractivity contribution in [3.05, 3.63) is 23.0 Å². The number of halogens is 1. The molecule has 5 heteroatoms. The van der Waals surface area contributed by atoms with E-state index in [-0.39, 0.29) is 16.8 Å². The van der Waals surface area contributed by atoms with Crippen molar-refractivity contribution in [3.63, 3.8) is 0 Å². The van der Waals surface area contributed by atoms with Crippen molar-refractivity contribution in [1.29, 1.82) is 0 Å². The molecule has 0 radical (unpaired) electrons. The van der Waals surface area contributed by atoms with Gasteiger partial charge < -0.3 is 10.4 Å². The summed E-state index contributed by atoms with van der Waals surface area (Å²) in [6.07, 6.45) is 0.541. The number of carbonyl (C=O) groups excluding carboxylic acids is 1. The quantitative estimate of drug-likeness (QED) is 0.464. The third kappa shape index (κ3) is 4.20. The van der Waals surface area contributed by atoms with Gasteiger partial charge in [-0.05, 0) is 18.1 Å². The molecule has 0 aliphatic rings. The molecule has 2 N–H and O–H groups in total. The van der Waals surface area contributed by atoms with Gasteiger partial charge in [0, 0.05) is 19.9 Å². The van der Waals surface area contributed by atoms with Gasteiger partial charge in [0.25, 0.3) is 0 Å². The summed E-state index contributed by atoms with van der Waals surface area (Å²) < 4.78 is 0. The average Bonchev–Trinajstić information content (AvgIpc) is 2.22. The van der Waals surface area contributed by atoms with Crippen LogP contribution in [-0.2, 0) is 4.79 Å². The normalized spacial score (nSPS) is 9.12. The monoisotopic (exact) mass is 238 g/mol. The minimum Gasteiger partial charge on any atom is -0.505 e. The maximum Gasteiger partial charge on any atom is 0.216 e. The standard InChI is InChI=1S/C11H11ClN2O2/c1-8(15)13-7-3-2-4-9-5-6-10(16)11(12)14-9/h5-6,16H,3,7H2,1H3,(H,13,15). The molecule has 0 saturated heterocycles. The van der Waals surface area contributed by atoms with E-state index in [1.807, 2.05) is 0 Å². The number of pyridine rings is 1. The Balaban J connectivity index is 2.50. The molecule has 0 fully saturated rings. The summed E-state index contributed by atoms with van der Waals surface area (Å²) in [5.41, 5.74) is 0.491. The molecule has 1 aromatic heterocycles. The lowest BCUT2D eigenvalue weighted by Gasteiger charge is -1.96. The van der Waals surface area contributed by atoms with E-state index in [0.717, 1.165) is 0 Å². The highest BCUT2D eigenvalue weighted by atomic mass is 35.5. The molecule has 1 rings (SSSR count). The van der Waals surface area contributed by atoms with Gasteiger partial charge in [-0.3, -0.25) is 4.79 Å². The molecule has 0 atom stereocenters. The molecule has 0 spiro atoms. The van der Waals surface area contributed by atoms with Crippen molar-refractivity contribution < 1.29 is 9.90 Å². The fraction of sp³-hybridized carbons (Fsp3) is 0.273. The highest BCUT2D eigenvalue weighted by molar-refractivity contribution is 6.30. The fourth-order valence-electron chi connectivity index (χ4n) is 0.951. The predicted molar refractivity (Wildman–Crippen MR) is 61.1 cm³/mol. The first-order chi connectivity index (χ1) is 7.59. The van der Waals surface area contributed by atoms with Crippen molar-refractivity contribution in [2.45, 2.75) is 13.3 Å². The van der Waals surface area contributed by atoms with Crippen LogP contribution in [0.25, 0.3) is 0 Å². The molecule has 4 nitrogen and oxygen atoms in total. The summed E-state index contributed by atoms with van der Waals surface area (Å²) in [7, 11) is 0. The van der Waals surface area contributed by atoms with Crippen LogP contribution in [0.4, 0.5) is 0 Å². The summed E-state index contributed by atoms with van der Waals surface area (Å²) in [5.74, 6) is 5.47. The minimum absolute atomic E-state index is 0.0358. The number of aromatic hydroxyl groups is 1. The number of nitrogens with zero attached hydrogens (tertiary/aromatic N) is 1. The number of rotatable bonds is 2. The van der Waals surface area contributed by atoms with Gasteiger partial charge in [-0.1, -0.05) is 17.5 Å². The van der Waals surface area contributed by atoms with Gasteiger partial charge in [-0.25, -0.2) is 4.98 Å². The van der Waals surface area contributed by atoms with E-state index in [4.69, 9.17) is 16.7 Å². The molecule has 0 aromatic carbocycles. The molecule has 84 valence electrons. The van der Waals surface area contributed by atoms with Crippen LogP contribution in [-0.4, -0.2) is 22.5 Å². The Morgan fingerprint density at radius 2 is 2.38 bits per heavy atom. The van der Waals surface area contributed by atoms with Crippen LogP contribution < -0.4 is 5.32 Å². The first kappa shape index (κ1) is 12.3. The molecule has 1 aromatic rings. The first-order valence-electron chi connectivity index (χ1n) is 4.68. The van der Waals surface area contributed by atoms with Crippen LogP contribution in [0, 0.1) is 11.8 Å². The van der Waals surface area contributed by atoms with Crippen molar-refractivity contribution in [2.75, 3.05) is 6.54 Å². The Kier molecular flexibility index (Phi) is 4.62. The van der Waals surface area contributed by atoms with E-state index in [9.17, 15) is 4.79 Å². The minimum atomic E-state index is -0.0763. The number of hydrogen-bond acceptors (Lipinski definition) is 3. The van der Waals surface area contributed by atoms with Crippen molar-refractivity contribution in [2.24, 2.45) is 0 Å². The second-order valence-electron chi connectivity index (χ2n) is 3.04. The zero-order chi connectivity index (χ0) is 12.0. The largest absolute Gasteiger partial charge is 0.505 e. The SMILES string of the molecule is CC(=O)NCCC#Cc1ccc(O)c(Cl)n1. The highest BCUT2D eigenvalue weighted by Gasteiger charge is 1.98. The summed E-state index contributed by atoms with van der Waals surface area (Å²) in [4.78, 5) is 14.4. The average molecular weight is 239 g/mol. The second kappa shape index (κ2) is 5.99. The fourth-order valence-corrected chi connectivity index (χ4v) is 1.10. The van der Waals surface area contributed by atoms with Gasteiger partial charge >= 0.3 is 0 Å². The van der Waals surface area contributed by atoms with Gasteiger partial charge in [0.1, 0.15) is 5.69 Å². The predicted octanol–water partition coefficient (Wildman–Crippen LogP) is 1.32. The van der Waals surface area contributed by atoms with Crippen LogP contribution in [0.5, 0.6) is 5.75 Å². The molecular formula is C11H11ClN2O2. The number of aromatic nitrogens is 1. The number of carbonyl (C=O) groups is 1. The number of nitrogens with one attached hydrogen (secondary N) is 1.